The highest BCUT2D eigenvalue weighted by molar-refractivity contribution is 6.33. The van der Waals surface area contributed by atoms with Crippen molar-refractivity contribution in [3.8, 4) is 11.8 Å². The number of urea groups is 1. The zero-order valence-electron chi connectivity index (χ0n) is 19.1. The first-order chi connectivity index (χ1) is 16.9. The maximum atomic E-state index is 15.1. The number of halogens is 5. The fourth-order valence-corrected chi connectivity index (χ4v) is 3.55. The van der Waals surface area contributed by atoms with Crippen LogP contribution in [0.15, 0.2) is 12.1 Å². The lowest BCUT2D eigenvalue weighted by molar-refractivity contribution is -0.154. The molecule has 0 aromatic carbocycles. The average molecular weight is 537 g/mol. The summed E-state index contributed by atoms with van der Waals surface area (Å²) < 4.78 is 63.3. The molecule has 0 saturated carbocycles. The highest BCUT2D eigenvalue weighted by atomic mass is 35.5. The standard InChI is InChI=1S/C20H21ClF4N6O5/c1-4-30-12(7-32)29-31(19(30)34)16-11(22)6-10(18(28-16)36-8-20(23,24)25)17(33)27-14-9(2)5-13(35-3)26-15(14)21/h5-6,12,29,32H,4,7-8H2,1-3H3,(H,27,33). The van der Waals surface area contributed by atoms with Crippen molar-refractivity contribution in [2.45, 2.75) is 26.2 Å². The number of nitrogens with zero attached hydrogens (tertiary/aromatic N) is 4. The summed E-state index contributed by atoms with van der Waals surface area (Å²) in [4.78, 5) is 34.3. The van der Waals surface area contributed by atoms with E-state index in [9.17, 15) is 27.9 Å². The van der Waals surface area contributed by atoms with E-state index >= 15 is 4.39 Å². The number of aliphatic hydroxyl groups excluding tert-OH is 1. The van der Waals surface area contributed by atoms with Crippen molar-refractivity contribution in [3.05, 3.63) is 34.2 Å². The summed E-state index contributed by atoms with van der Waals surface area (Å²) in [5.41, 5.74) is 2.19. The number of carbonyl (C=O) groups is 2. The molecule has 1 atom stereocenters. The van der Waals surface area contributed by atoms with Gasteiger partial charge in [-0.2, -0.15) is 28.6 Å². The van der Waals surface area contributed by atoms with Gasteiger partial charge in [0.05, 0.1) is 19.4 Å². The molecule has 1 unspecified atom stereocenters. The Hall–Kier alpha value is -3.43. The van der Waals surface area contributed by atoms with Crippen molar-refractivity contribution in [1.82, 2.24) is 20.3 Å². The van der Waals surface area contributed by atoms with E-state index in [0.717, 1.165) is 4.90 Å². The van der Waals surface area contributed by atoms with Crippen LogP contribution in [0.3, 0.4) is 0 Å². The minimum Gasteiger partial charge on any atom is -0.481 e. The predicted octanol–water partition coefficient (Wildman–Crippen LogP) is 2.86. The maximum absolute atomic E-state index is 15.1. The number of nitrogens with one attached hydrogen (secondary N) is 2. The predicted molar refractivity (Wildman–Crippen MR) is 118 cm³/mol. The van der Waals surface area contributed by atoms with Crippen molar-refractivity contribution in [1.29, 1.82) is 0 Å². The van der Waals surface area contributed by atoms with E-state index in [4.69, 9.17) is 21.1 Å². The van der Waals surface area contributed by atoms with Gasteiger partial charge in [-0.05, 0) is 25.5 Å². The molecule has 36 heavy (non-hydrogen) atoms. The number of aliphatic hydroxyl groups is 1. The summed E-state index contributed by atoms with van der Waals surface area (Å²) in [7, 11) is 1.35. The molecule has 0 aliphatic carbocycles. The minimum atomic E-state index is -4.81. The third kappa shape index (κ3) is 5.68. The molecule has 3 heterocycles. The van der Waals surface area contributed by atoms with Crippen molar-refractivity contribution in [2.24, 2.45) is 0 Å². The molecule has 2 aromatic rings. The van der Waals surface area contributed by atoms with Gasteiger partial charge in [0.2, 0.25) is 11.8 Å². The third-order valence-electron chi connectivity index (χ3n) is 4.95. The molecule has 196 valence electrons. The second kappa shape index (κ2) is 10.7. The molecule has 16 heteroatoms. The first-order valence-electron chi connectivity index (χ1n) is 10.3. The first-order valence-corrected chi connectivity index (χ1v) is 10.7. The first kappa shape index (κ1) is 27.2. The highest BCUT2D eigenvalue weighted by Crippen LogP contribution is 2.32. The van der Waals surface area contributed by atoms with Crippen LogP contribution in [-0.4, -0.2) is 71.1 Å². The second-order valence-corrected chi connectivity index (χ2v) is 7.74. The van der Waals surface area contributed by atoms with Crippen LogP contribution in [-0.2, 0) is 0 Å². The van der Waals surface area contributed by atoms with Gasteiger partial charge in [0, 0.05) is 12.6 Å². The fraction of sp³-hybridized carbons (Fsp3) is 0.400. The van der Waals surface area contributed by atoms with Crippen LogP contribution in [0.2, 0.25) is 5.15 Å². The Balaban J connectivity index is 2.02. The van der Waals surface area contributed by atoms with Crippen LogP contribution in [0.5, 0.6) is 11.8 Å². The summed E-state index contributed by atoms with van der Waals surface area (Å²) >= 11 is 6.07. The molecule has 3 N–H and O–H groups in total. The smallest absolute Gasteiger partial charge is 0.422 e. The Labute approximate surface area is 206 Å². The van der Waals surface area contributed by atoms with E-state index in [1.54, 1.807) is 13.8 Å². The number of ether oxygens (including phenoxy) is 2. The summed E-state index contributed by atoms with van der Waals surface area (Å²) in [6.45, 7) is 0.893. The molecule has 1 aliphatic rings. The Bertz CT molecular complexity index is 1150. The topological polar surface area (TPSA) is 129 Å². The van der Waals surface area contributed by atoms with E-state index in [2.05, 4.69) is 20.7 Å². The van der Waals surface area contributed by atoms with Crippen molar-refractivity contribution in [2.75, 3.05) is 37.2 Å². The van der Waals surface area contributed by atoms with Crippen LogP contribution >= 0.6 is 11.6 Å². The van der Waals surface area contributed by atoms with Crippen LogP contribution in [0.25, 0.3) is 0 Å². The number of amides is 3. The molecular weight excluding hydrogens is 516 g/mol. The lowest BCUT2D eigenvalue weighted by atomic mass is 10.2. The molecule has 11 nitrogen and oxygen atoms in total. The zero-order valence-corrected chi connectivity index (χ0v) is 19.9. The average Bonchev–Trinajstić information content (AvgIpc) is 3.14. The second-order valence-electron chi connectivity index (χ2n) is 7.38. The molecular formula is C20H21ClF4N6O5. The van der Waals surface area contributed by atoms with E-state index in [-0.39, 0.29) is 23.3 Å². The van der Waals surface area contributed by atoms with Crippen molar-refractivity contribution in [3.63, 3.8) is 0 Å². The van der Waals surface area contributed by atoms with E-state index in [0.29, 0.717) is 16.6 Å². The Morgan fingerprint density at radius 1 is 1.33 bits per heavy atom. The molecule has 1 saturated heterocycles. The van der Waals surface area contributed by atoms with Gasteiger partial charge in [-0.1, -0.05) is 11.6 Å². The third-order valence-corrected chi connectivity index (χ3v) is 5.23. The largest absolute Gasteiger partial charge is 0.481 e. The van der Waals surface area contributed by atoms with Gasteiger partial charge >= 0.3 is 12.2 Å². The van der Waals surface area contributed by atoms with Gasteiger partial charge in [-0.15, -0.1) is 0 Å². The van der Waals surface area contributed by atoms with Crippen molar-refractivity contribution >= 4 is 35.0 Å². The van der Waals surface area contributed by atoms with Gasteiger partial charge in [-0.3, -0.25) is 4.79 Å². The maximum Gasteiger partial charge on any atom is 0.422 e. The number of carbonyl (C=O) groups excluding carboxylic acids is 2. The summed E-state index contributed by atoms with van der Waals surface area (Å²) in [5.74, 6) is -3.85. The molecule has 1 aliphatic heterocycles. The van der Waals surface area contributed by atoms with Gasteiger partial charge < -0.3 is 24.8 Å². The molecule has 3 amide bonds. The summed E-state index contributed by atoms with van der Waals surface area (Å²) in [6, 6.07) is 1.18. The Kier molecular flexibility index (Phi) is 8.05. The zero-order chi connectivity index (χ0) is 26.8. The number of alkyl halides is 3. The fourth-order valence-electron chi connectivity index (χ4n) is 3.27. The number of pyridine rings is 2. The molecule has 0 radical (unpaired) electrons. The summed E-state index contributed by atoms with van der Waals surface area (Å²) in [5, 5.41) is 12.2. The highest BCUT2D eigenvalue weighted by Gasteiger charge is 2.39. The van der Waals surface area contributed by atoms with Crippen LogP contribution in [0.1, 0.15) is 22.8 Å². The normalized spacial score (nSPS) is 15.9. The van der Waals surface area contributed by atoms with E-state index < -0.39 is 60.6 Å². The monoisotopic (exact) mass is 536 g/mol. The quantitative estimate of drug-likeness (QED) is 0.347. The lowest BCUT2D eigenvalue weighted by Crippen LogP contribution is -2.41. The Morgan fingerprint density at radius 3 is 2.56 bits per heavy atom. The number of aryl methyl sites for hydroxylation is 1. The van der Waals surface area contributed by atoms with Gasteiger partial charge in [0.15, 0.2) is 23.4 Å². The van der Waals surface area contributed by atoms with E-state index in [1.165, 1.54) is 13.2 Å². The Morgan fingerprint density at radius 2 is 2.03 bits per heavy atom. The van der Waals surface area contributed by atoms with Crippen LogP contribution < -0.4 is 25.2 Å². The number of likely N-dealkylation sites (N-methyl/N-ethyl adjacent to an activating group) is 1. The number of anilines is 2. The van der Waals surface area contributed by atoms with Crippen LogP contribution in [0.4, 0.5) is 33.9 Å². The lowest BCUT2D eigenvalue weighted by Gasteiger charge is -2.19. The number of aromatic nitrogens is 2. The number of methoxy groups -OCH3 is 1. The van der Waals surface area contributed by atoms with E-state index in [1.807, 2.05) is 0 Å². The number of hydrogen-bond donors (Lipinski definition) is 3. The van der Waals surface area contributed by atoms with Crippen molar-refractivity contribution < 1.29 is 41.7 Å². The molecule has 0 bridgehead atoms. The SMILES string of the molecule is CCN1C(=O)N(c2nc(OCC(F)(F)F)c(C(=O)Nc3c(C)cc(OC)nc3Cl)cc2F)NC1CO. The number of rotatable bonds is 8. The minimum absolute atomic E-state index is 0.00511. The van der Waals surface area contributed by atoms with Gasteiger partial charge in [0.25, 0.3) is 5.91 Å². The summed E-state index contributed by atoms with van der Waals surface area (Å²) in [6.07, 6.45) is -5.74. The number of hydrogen-bond acceptors (Lipinski definition) is 8. The van der Waals surface area contributed by atoms with Crippen LogP contribution in [0, 0.1) is 12.7 Å². The molecule has 2 aromatic heterocycles. The molecule has 0 spiro atoms. The molecule has 1 fully saturated rings. The van der Waals surface area contributed by atoms with Gasteiger partial charge in [0.1, 0.15) is 11.7 Å². The number of hydrazine groups is 1. The van der Waals surface area contributed by atoms with Gasteiger partial charge in [-0.25, -0.2) is 14.2 Å². The molecule has 3 rings (SSSR count).